The second-order valence-electron chi connectivity index (χ2n) is 14.6. The lowest BCUT2D eigenvalue weighted by atomic mass is 10.0. The Morgan fingerprint density at radius 2 is 1.84 bits per heavy atom. The number of likely N-dealkylation sites (tertiary alicyclic amines) is 1. The van der Waals surface area contributed by atoms with Gasteiger partial charge in [0.2, 0.25) is 12.3 Å². The molecular weight excluding hydrogens is 748 g/mol. The van der Waals surface area contributed by atoms with Crippen molar-refractivity contribution in [3.8, 4) is 11.3 Å². The molecule has 1 aliphatic heterocycles. The van der Waals surface area contributed by atoms with Gasteiger partial charge >= 0.3 is 5.69 Å². The summed E-state index contributed by atoms with van der Waals surface area (Å²) in [6.45, 7) is 8.42. The molecule has 5 heterocycles. The fourth-order valence-electron chi connectivity index (χ4n) is 7.15. The van der Waals surface area contributed by atoms with E-state index in [1.165, 1.54) is 22.3 Å². The smallest absolute Gasteiger partial charge is 0.329 e. The first kappa shape index (κ1) is 43.2. The van der Waals surface area contributed by atoms with Crippen molar-refractivity contribution in [2.24, 2.45) is 7.05 Å². The van der Waals surface area contributed by atoms with E-state index in [9.17, 15) is 28.4 Å². The van der Waals surface area contributed by atoms with Gasteiger partial charge in [0.25, 0.3) is 5.91 Å². The van der Waals surface area contributed by atoms with Gasteiger partial charge in [-0.1, -0.05) is 25.5 Å². The van der Waals surface area contributed by atoms with Crippen LogP contribution in [0.1, 0.15) is 92.3 Å². The minimum atomic E-state index is -0.962. The van der Waals surface area contributed by atoms with Crippen molar-refractivity contribution in [3.05, 3.63) is 64.9 Å². The number of allylic oxidation sites excluding steroid dienone is 2. The number of aromatic nitrogens is 7. The Labute approximate surface area is 336 Å². The number of hydrogen-bond acceptors (Lipinski definition) is 10. The zero-order valence-corrected chi connectivity index (χ0v) is 33.9. The Hall–Kier alpha value is -5.91. The monoisotopic (exact) mass is 802 g/mol. The highest BCUT2D eigenvalue weighted by atomic mass is 19.1. The van der Waals surface area contributed by atoms with Gasteiger partial charge in [0.15, 0.2) is 11.3 Å². The number of alkyl halides is 1. The summed E-state index contributed by atoms with van der Waals surface area (Å²) >= 11 is 0. The third-order valence-corrected chi connectivity index (χ3v) is 10.5. The Morgan fingerprint density at radius 1 is 1.10 bits per heavy atom. The van der Waals surface area contributed by atoms with Crippen molar-refractivity contribution in [1.82, 2.24) is 54.4 Å². The number of carbonyl (C=O) groups is 4. The molecular formula is C40H55FN12O5. The molecule has 0 aromatic carbocycles. The number of anilines is 1. The number of halogens is 1. The number of amides is 3. The predicted molar refractivity (Wildman–Crippen MR) is 220 cm³/mol. The number of hydrogen-bond donors (Lipinski definition) is 4. The molecule has 1 aliphatic carbocycles. The quantitative estimate of drug-likeness (QED) is 0.0762. The average molecular weight is 803 g/mol. The van der Waals surface area contributed by atoms with Gasteiger partial charge in [-0.25, -0.2) is 18.7 Å². The third-order valence-electron chi connectivity index (χ3n) is 10.5. The first-order valence-corrected chi connectivity index (χ1v) is 19.7. The molecule has 0 bridgehead atoms. The lowest BCUT2D eigenvalue weighted by molar-refractivity contribution is -0.124. The largest absolute Gasteiger partial charge is 0.385 e. The van der Waals surface area contributed by atoms with Gasteiger partial charge in [0, 0.05) is 65.4 Å². The molecule has 312 valence electrons. The highest BCUT2D eigenvalue weighted by Gasteiger charge is 2.39. The number of imidazole rings is 2. The molecule has 1 saturated carbocycles. The van der Waals surface area contributed by atoms with Crippen LogP contribution in [-0.4, -0.2) is 116 Å². The number of fused-ring (bicyclic) bond motifs is 1. The van der Waals surface area contributed by atoms with Gasteiger partial charge in [-0.05, 0) is 57.4 Å². The number of nitrogens with one attached hydrogen (secondary N) is 4. The first-order chi connectivity index (χ1) is 28.0. The van der Waals surface area contributed by atoms with Crippen LogP contribution in [-0.2, 0) is 21.4 Å². The van der Waals surface area contributed by atoms with E-state index in [1.807, 2.05) is 29.9 Å². The molecule has 17 nitrogen and oxygen atoms in total. The van der Waals surface area contributed by atoms with Crippen LogP contribution in [0.3, 0.4) is 0 Å². The Kier molecular flexibility index (Phi) is 14.9. The zero-order chi connectivity index (χ0) is 41.9. The van der Waals surface area contributed by atoms with Gasteiger partial charge in [-0.3, -0.25) is 28.2 Å². The summed E-state index contributed by atoms with van der Waals surface area (Å²) in [5.41, 5.74) is 5.15. The number of unbranched alkanes of at least 4 members (excludes halogenated alkanes) is 3. The molecule has 3 amide bonds. The SMILES string of the molecule is C=Cc1c(/C(=C\C)CCCCCCNC=O)n(C)c(=O)n1C(CCC=O)C(=O)NC.CNc1cc(-c2cnn(C3CN(C)C3)c2)nn2c(C(=O)N[C@@H]3C[C@@H]3F)cnc12. The van der Waals surface area contributed by atoms with E-state index in [-0.39, 0.29) is 36.0 Å². The summed E-state index contributed by atoms with van der Waals surface area (Å²) in [4.78, 5) is 65.7. The number of carbonyl (C=O) groups excluding carboxylic acids is 4. The summed E-state index contributed by atoms with van der Waals surface area (Å²) in [6, 6.07) is 1.07. The summed E-state index contributed by atoms with van der Waals surface area (Å²) in [5, 5.41) is 20.1. The molecule has 1 unspecified atom stereocenters. The van der Waals surface area contributed by atoms with Crippen LogP contribution in [0.4, 0.5) is 10.1 Å². The Morgan fingerprint density at radius 3 is 2.47 bits per heavy atom. The molecule has 0 radical (unpaired) electrons. The molecule has 2 fully saturated rings. The number of aldehydes is 1. The lowest BCUT2D eigenvalue weighted by Crippen LogP contribution is -2.45. The van der Waals surface area contributed by atoms with Crippen molar-refractivity contribution in [2.45, 2.75) is 82.6 Å². The van der Waals surface area contributed by atoms with Crippen molar-refractivity contribution in [3.63, 3.8) is 0 Å². The topological polar surface area (TPSA) is 195 Å². The van der Waals surface area contributed by atoms with Gasteiger partial charge in [-0.2, -0.15) is 10.2 Å². The summed E-state index contributed by atoms with van der Waals surface area (Å²) in [7, 11) is 7.07. The van der Waals surface area contributed by atoms with Crippen LogP contribution in [0.2, 0.25) is 0 Å². The molecule has 4 aromatic rings. The highest BCUT2D eigenvalue weighted by Crippen LogP contribution is 2.29. The van der Waals surface area contributed by atoms with Crippen molar-refractivity contribution >= 4 is 47.5 Å². The first-order valence-electron chi connectivity index (χ1n) is 19.7. The number of likely N-dealkylation sites (N-methyl/N-ethyl adjacent to an activating group) is 2. The van der Waals surface area contributed by atoms with Crippen molar-refractivity contribution in [1.29, 1.82) is 0 Å². The van der Waals surface area contributed by atoms with E-state index in [1.54, 1.807) is 30.9 Å². The molecule has 6 rings (SSSR count). The van der Waals surface area contributed by atoms with Crippen molar-refractivity contribution in [2.75, 3.05) is 46.1 Å². The van der Waals surface area contributed by atoms with E-state index in [0.29, 0.717) is 42.5 Å². The Balaban J connectivity index is 0.000000221. The molecule has 18 heteroatoms. The molecule has 3 atom stereocenters. The molecule has 4 N–H and O–H groups in total. The fraction of sp³-hybridized carbons (Fsp3) is 0.500. The van der Waals surface area contributed by atoms with E-state index >= 15 is 0 Å². The number of rotatable bonds is 20. The minimum Gasteiger partial charge on any atom is -0.385 e. The molecule has 4 aromatic heterocycles. The van der Waals surface area contributed by atoms with Gasteiger partial charge < -0.3 is 31.0 Å². The van der Waals surface area contributed by atoms with Gasteiger partial charge in [0.1, 0.15) is 18.5 Å². The molecule has 1 saturated heterocycles. The second kappa shape index (κ2) is 20.0. The summed E-state index contributed by atoms with van der Waals surface area (Å²) in [6.07, 6.45) is 14.8. The van der Waals surface area contributed by atoms with Crippen LogP contribution in [0.5, 0.6) is 0 Å². The normalized spacial score (nSPS) is 17.1. The van der Waals surface area contributed by atoms with E-state index in [2.05, 4.69) is 55.0 Å². The maximum absolute atomic E-state index is 13.1. The van der Waals surface area contributed by atoms with E-state index in [4.69, 9.17) is 0 Å². The van der Waals surface area contributed by atoms with E-state index < -0.39 is 18.3 Å². The number of nitrogens with zero attached hydrogens (tertiary/aromatic N) is 8. The minimum absolute atomic E-state index is 0.181. The predicted octanol–water partition coefficient (Wildman–Crippen LogP) is 3.16. The molecule has 0 spiro atoms. The zero-order valence-electron chi connectivity index (χ0n) is 33.9. The summed E-state index contributed by atoms with van der Waals surface area (Å²) in [5.74, 6) is -0.692. The van der Waals surface area contributed by atoms with Crippen LogP contribution >= 0.6 is 0 Å². The third kappa shape index (κ3) is 9.78. The van der Waals surface area contributed by atoms with Crippen LogP contribution in [0.15, 0.2) is 42.1 Å². The maximum atomic E-state index is 13.1. The summed E-state index contributed by atoms with van der Waals surface area (Å²) < 4.78 is 19.6. The van der Waals surface area contributed by atoms with Gasteiger partial charge in [0.05, 0.1) is 47.2 Å². The maximum Gasteiger partial charge on any atom is 0.329 e. The highest BCUT2D eigenvalue weighted by molar-refractivity contribution is 5.94. The van der Waals surface area contributed by atoms with Crippen molar-refractivity contribution < 1.29 is 23.6 Å². The Bertz CT molecular complexity index is 2180. The van der Waals surface area contributed by atoms with Gasteiger partial charge in [-0.15, -0.1) is 0 Å². The lowest BCUT2D eigenvalue weighted by Gasteiger charge is -2.36. The van der Waals surface area contributed by atoms with E-state index in [0.717, 1.165) is 74.0 Å². The standard InChI is InChI=1S/C22H34N4O4.C18H21FN8O/c1-5-17(12-9-7-8-10-14-24-16-28)20-18(6-2)26(22(30)25(20)4)19(13-11-15-27)21(29)23-3;1-20-15-4-13(10-5-22-26(7-10)11-8-25(2)9-11)24-27-16(6-21-17(15)27)18(28)23-14-3-12(14)19/h5-6,15-16,19H,2,7-14H2,1,3-4H3,(H,23,29)(H,24,28);4-7,11-12,14,20H,3,8-9H2,1-2H3,(H,23,28)/b17-5-;/t;12-,14+/m.0/s1. The fourth-order valence-corrected chi connectivity index (χ4v) is 7.15. The van der Waals surface area contributed by atoms with Crippen LogP contribution in [0, 0.1) is 0 Å². The van der Waals surface area contributed by atoms with Crippen LogP contribution < -0.4 is 27.0 Å². The average Bonchev–Trinajstić information content (AvgIpc) is 3.54. The van der Waals surface area contributed by atoms with Crippen LogP contribution in [0.25, 0.3) is 28.6 Å². The molecule has 2 aliphatic rings. The molecule has 58 heavy (non-hydrogen) atoms. The second-order valence-corrected chi connectivity index (χ2v) is 14.6.